The fourth-order valence-electron chi connectivity index (χ4n) is 2.43. The van der Waals surface area contributed by atoms with Gasteiger partial charge in [0.05, 0.1) is 0 Å². The van der Waals surface area contributed by atoms with Crippen LogP contribution in [0.5, 0.6) is 0 Å². The van der Waals surface area contributed by atoms with Gasteiger partial charge >= 0.3 is 0 Å². The van der Waals surface area contributed by atoms with E-state index in [1.807, 2.05) is 42.5 Å². The van der Waals surface area contributed by atoms with Gasteiger partial charge < -0.3 is 0 Å². The molecule has 0 aromatic heterocycles. The van der Waals surface area contributed by atoms with Crippen LogP contribution in [0.15, 0.2) is 42.5 Å². The van der Waals surface area contributed by atoms with E-state index in [4.69, 9.17) is 0 Å². The van der Waals surface area contributed by atoms with Crippen LogP contribution >= 0.6 is 0 Å². The molecule has 0 saturated heterocycles. The minimum Gasteiger partial charge on any atom is -0.289 e. The third-order valence-corrected chi connectivity index (χ3v) is 4.20. The van der Waals surface area contributed by atoms with Gasteiger partial charge in [-0.1, -0.05) is 62.0 Å². The highest BCUT2D eigenvalue weighted by atomic mass is 28.3. The van der Waals surface area contributed by atoms with Gasteiger partial charge in [0.15, 0.2) is 5.78 Å². The molecular formula is C18H16OSi. The molecule has 0 radical (unpaired) electrons. The molecule has 2 aromatic carbocycles. The maximum atomic E-state index is 12.6. The monoisotopic (exact) mass is 276 g/mol. The lowest BCUT2D eigenvalue weighted by Gasteiger charge is -2.05. The molecule has 0 fully saturated rings. The molecule has 2 aromatic rings. The molecule has 98 valence electrons. The molecule has 0 bridgehead atoms. The van der Waals surface area contributed by atoms with Gasteiger partial charge in [0.2, 0.25) is 0 Å². The van der Waals surface area contributed by atoms with Crippen molar-refractivity contribution < 1.29 is 4.79 Å². The third kappa shape index (κ3) is 2.11. The minimum absolute atomic E-state index is 0.107. The lowest BCUT2D eigenvalue weighted by Crippen LogP contribution is -2.16. The molecule has 1 aliphatic carbocycles. The topological polar surface area (TPSA) is 17.1 Å². The molecule has 20 heavy (non-hydrogen) atoms. The van der Waals surface area contributed by atoms with Crippen molar-refractivity contribution >= 4 is 13.9 Å². The van der Waals surface area contributed by atoms with E-state index in [2.05, 4.69) is 31.1 Å². The molecule has 0 heterocycles. The summed E-state index contributed by atoms with van der Waals surface area (Å²) in [6, 6.07) is 13.7. The van der Waals surface area contributed by atoms with Gasteiger partial charge in [-0.15, -0.1) is 5.54 Å². The molecule has 0 saturated carbocycles. The average molecular weight is 276 g/mol. The van der Waals surface area contributed by atoms with Gasteiger partial charge in [-0.25, -0.2) is 0 Å². The molecule has 0 spiro atoms. The van der Waals surface area contributed by atoms with Crippen molar-refractivity contribution in [3.8, 4) is 22.6 Å². The van der Waals surface area contributed by atoms with Crippen molar-refractivity contribution in [2.24, 2.45) is 0 Å². The Morgan fingerprint density at radius 3 is 2.20 bits per heavy atom. The number of rotatable bonds is 0. The number of fused-ring (bicyclic) bond motifs is 3. The first kappa shape index (κ1) is 12.9. The lowest BCUT2D eigenvalue weighted by molar-refractivity contribution is 0.104. The van der Waals surface area contributed by atoms with Crippen molar-refractivity contribution in [2.45, 2.75) is 19.6 Å². The van der Waals surface area contributed by atoms with Crippen LogP contribution in [0.2, 0.25) is 19.6 Å². The molecule has 0 aliphatic heterocycles. The van der Waals surface area contributed by atoms with Gasteiger partial charge in [-0.3, -0.25) is 4.79 Å². The Bertz CT molecular complexity index is 770. The Labute approximate surface area is 120 Å². The zero-order valence-corrected chi connectivity index (χ0v) is 12.9. The van der Waals surface area contributed by atoms with E-state index in [0.717, 1.165) is 27.8 Å². The highest BCUT2D eigenvalue weighted by Crippen LogP contribution is 2.37. The van der Waals surface area contributed by atoms with E-state index in [0.29, 0.717) is 0 Å². The van der Waals surface area contributed by atoms with Crippen molar-refractivity contribution in [3.05, 3.63) is 59.2 Å². The van der Waals surface area contributed by atoms with Crippen LogP contribution in [0, 0.1) is 11.5 Å². The van der Waals surface area contributed by atoms with E-state index < -0.39 is 8.07 Å². The van der Waals surface area contributed by atoms with Gasteiger partial charge in [-0.05, 0) is 17.2 Å². The quantitative estimate of drug-likeness (QED) is 0.446. The first-order chi connectivity index (χ1) is 9.47. The fourth-order valence-corrected chi connectivity index (χ4v) is 2.94. The van der Waals surface area contributed by atoms with Crippen LogP contribution in [0.1, 0.15) is 21.5 Å². The number of benzene rings is 2. The van der Waals surface area contributed by atoms with Crippen LogP contribution in [0.25, 0.3) is 11.1 Å². The van der Waals surface area contributed by atoms with Crippen LogP contribution in [0.4, 0.5) is 0 Å². The normalized spacial score (nSPS) is 12.4. The zero-order valence-electron chi connectivity index (χ0n) is 11.9. The Kier molecular flexibility index (Phi) is 2.88. The number of carbonyl (C=O) groups excluding carboxylic acids is 1. The van der Waals surface area contributed by atoms with Crippen molar-refractivity contribution in [1.29, 1.82) is 0 Å². The summed E-state index contributed by atoms with van der Waals surface area (Å²) in [5.41, 5.74) is 7.84. The van der Waals surface area contributed by atoms with E-state index in [1.165, 1.54) is 0 Å². The summed E-state index contributed by atoms with van der Waals surface area (Å²) in [5.74, 6) is 3.35. The molecule has 0 atom stereocenters. The fraction of sp³-hybridized carbons (Fsp3) is 0.167. The number of hydrogen-bond acceptors (Lipinski definition) is 1. The van der Waals surface area contributed by atoms with Crippen LogP contribution < -0.4 is 0 Å². The summed E-state index contributed by atoms with van der Waals surface area (Å²) in [5, 5.41) is 0. The SMILES string of the molecule is C[Si](C)(C)C#Cc1cccc2c1C(=O)c1ccccc1-2. The second-order valence-electron chi connectivity index (χ2n) is 6.10. The second kappa shape index (κ2) is 4.47. The van der Waals surface area contributed by atoms with Gasteiger partial charge in [0.1, 0.15) is 8.07 Å². The maximum Gasteiger partial charge on any atom is 0.195 e. The Hall–Kier alpha value is -2.11. The van der Waals surface area contributed by atoms with Crippen molar-refractivity contribution in [1.82, 2.24) is 0 Å². The largest absolute Gasteiger partial charge is 0.289 e. The summed E-state index contributed by atoms with van der Waals surface area (Å²) in [6.45, 7) is 6.62. The number of carbonyl (C=O) groups is 1. The van der Waals surface area contributed by atoms with Crippen LogP contribution in [0.3, 0.4) is 0 Å². The molecule has 2 heteroatoms. The highest BCUT2D eigenvalue weighted by Gasteiger charge is 2.28. The molecule has 0 amide bonds. The lowest BCUT2D eigenvalue weighted by atomic mass is 10.0. The zero-order chi connectivity index (χ0) is 14.3. The summed E-state index contributed by atoms with van der Waals surface area (Å²) < 4.78 is 0. The van der Waals surface area contributed by atoms with Gasteiger partial charge in [0.25, 0.3) is 0 Å². The average Bonchev–Trinajstić information content (AvgIpc) is 2.71. The summed E-state index contributed by atoms with van der Waals surface area (Å²) >= 11 is 0. The molecule has 3 rings (SSSR count). The second-order valence-corrected chi connectivity index (χ2v) is 10.9. The summed E-state index contributed by atoms with van der Waals surface area (Å²) in [4.78, 5) is 12.6. The maximum absolute atomic E-state index is 12.6. The van der Waals surface area contributed by atoms with Crippen molar-refractivity contribution in [2.75, 3.05) is 0 Å². The van der Waals surface area contributed by atoms with E-state index in [-0.39, 0.29) is 5.78 Å². The molecule has 1 nitrogen and oxygen atoms in total. The molecule has 0 unspecified atom stereocenters. The predicted octanol–water partition coefficient (Wildman–Crippen LogP) is 4.13. The minimum atomic E-state index is -1.45. The standard InChI is InChI=1S/C18H16OSi/c1-20(2,3)12-11-13-7-6-10-15-14-8-4-5-9-16(14)18(19)17(13)15/h4-10H,1-3H3. The van der Waals surface area contributed by atoms with Crippen LogP contribution in [-0.4, -0.2) is 13.9 Å². The molecular weight excluding hydrogens is 260 g/mol. The highest BCUT2D eigenvalue weighted by molar-refractivity contribution is 6.83. The Morgan fingerprint density at radius 2 is 1.50 bits per heavy atom. The Balaban J connectivity index is 2.20. The smallest absolute Gasteiger partial charge is 0.195 e. The first-order valence-electron chi connectivity index (χ1n) is 6.78. The van der Waals surface area contributed by atoms with E-state index in [1.54, 1.807) is 0 Å². The van der Waals surface area contributed by atoms with Gasteiger partial charge in [-0.2, -0.15) is 0 Å². The molecule has 1 aliphatic rings. The summed E-state index contributed by atoms with van der Waals surface area (Å²) in [6.07, 6.45) is 0. The molecule has 0 N–H and O–H groups in total. The van der Waals surface area contributed by atoms with E-state index >= 15 is 0 Å². The van der Waals surface area contributed by atoms with Crippen molar-refractivity contribution in [3.63, 3.8) is 0 Å². The third-order valence-electron chi connectivity index (χ3n) is 3.33. The van der Waals surface area contributed by atoms with Gasteiger partial charge in [0, 0.05) is 16.7 Å². The Morgan fingerprint density at radius 1 is 0.850 bits per heavy atom. The van der Waals surface area contributed by atoms with Crippen LogP contribution in [-0.2, 0) is 0 Å². The predicted molar refractivity (Wildman–Crippen MR) is 85.5 cm³/mol. The summed E-state index contributed by atoms with van der Waals surface area (Å²) in [7, 11) is -1.45. The number of hydrogen-bond donors (Lipinski definition) is 0. The first-order valence-corrected chi connectivity index (χ1v) is 10.3. The number of ketones is 1. The van der Waals surface area contributed by atoms with E-state index in [9.17, 15) is 4.79 Å².